The quantitative estimate of drug-likeness (QED) is 0.250. The van der Waals surface area contributed by atoms with E-state index < -0.39 is 17.7 Å². The lowest BCUT2D eigenvalue weighted by molar-refractivity contribution is -0.160. The van der Waals surface area contributed by atoms with Crippen LogP contribution >= 0.6 is 22.9 Å². The summed E-state index contributed by atoms with van der Waals surface area (Å²) in [6.07, 6.45) is 0.913. The number of rotatable bonds is 5. The third-order valence-electron chi connectivity index (χ3n) is 6.26. The Morgan fingerprint density at radius 3 is 2.43 bits per heavy atom. The van der Waals surface area contributed by atoms with Crippen LogP contribution in [0.25, 0.3) is 43.1 Å². The van der Waals surface area contributed by atoms with E-state index in [1.807, 2.05) is 75.7 Å². The second-order valence-electron chi connectivity index (χ2n) is 10.3. The van der Waals surface area contributed by atoms with E-state index in [1.165, 1.54) is 16.9 Å². The summed E-state index contributed by atoms with van der Waals surface area (Å²) in [5.41, 5.74) is 6.04. The molecule has 0 fully saturated rings. The SMILES string of the molecule is Cc1cc2nc(-c3ccc4c(C)cn(C)c4n3)sc2c(-c2ccc(Cl)cc2)c1C(OC(C)(C)C)C(=O)O. The van der Waals surface area contributed by atoms with E-state index >= 15 is 0 Å². The Balaban J connectivity index is 1.78. The van der Waals surface area contributed by atoms with E-state index in [2.05, 4.69) is 19.2 Å². The smallest absolute Gasteiger partial charge is 0.337 e. The molecule has 0 saturated carbocycles. The molecule has 37 heavy (non-hydrogen) atoms. The zero-order valence-electron chi connectivity index (χ0n) is 21.6. The summed E-state index contributed by atoms with van der Waals surface area (Å²) in [5.74, 6) is -1.04. The predicted molar refractivity (Wildman–Crippen MR) is 150 cm³/mol. The van der Waals surface area contributed by atoms with Gasteiger partial charge in [-0.25, -0.2) is 14.8 Å². The van der Waals surface area contributed by atoms with E-state index in [-0.39, 0.29) is 0 Å². The Labute approximate surface area is 224 Å². The first-order valence-corrected chi connectivity index (χ1v) is 13.2. The molecule has 1 N–H and O–H groups in total. The van der Waals surface area contributed by atoms with Gasteiger partial charge in [-0.3, -0.25) is 0 Å². The van der Waals surface area contributed by atoms with Crippen molar-refractivity contribution in [3.63, 3.8) is 0 Å². The van der Waals surface area contributed by atoms with Gasteiger partial charge in [0.2, 0.25) is 0 Å². The molecule has 0 bridgehead atoms. The van der Waals surface area contributed by atoms with Crippen molar-refractivity contribution in [2.45, 2.75) is 46.3 Å². The van der Waals surface area contributed by atoms with E-state index in [1.54, 1.807) is 0 Å². The van der Waals surface area contributed by atoms with Crippen LogP contribution in [-0.4, -0.2) is 31.2 Å². The van der Waals surface area contributed by atoms with E-state index in [0.29, 0.717) is 10.6 Å². The summed E-state index contributed by atoms with van der Waals surface area (Å²) < 4.78 is 9.00. The van der Waals surface area contributed by atoms with E-state index in [0.717, 1.165) is 48.6 Å². The highest BCUT2D eigenvalue weighted by molar-refractivity contribution is 7.22. The summed E-state index contributed by atoms with van der Waals surface area (Å²) in [4.78, 5) is 22.4. The Kier molecular flexibility index (Phi) is 6.34. The maximum Gasteiger partial charge on any atom is 0.337 e. The summed E-state index contributed by atoms with van der Waals surface area (Å²) in [5, 5.41) is 12.7. The fraction of sp³-hybridized carbons (Fsp3) is 0.276. The largest absolute Gasteiger partial charge is 0.479 e. The van der Waals surface area contributed by atoms with Crippen LogP contribution in [0.4, 0.5) is 0 Å². The molecule has 0 amide bonds. The lowest BCUT2D eigenvalue weighted by Gasteiger charge is -2.28. The molecule has 1 unspecified atom stereocenters. The summed E-state index contributed by atoms with van der Waals surface area (Å²) in [7, 11) is 1.99. The van der Waals surface area contributed by atoms with Gasteiger partial charge in [0.15, 0.2) is 6.10 Å². The van der Waals surface area contributed by atoms with Crippen molar-refractivity contribution in [2.75, 3.05) is 0 Å². The normalized spacial score (nSPS) is 12.9. The number of nitrogens with zero attached hydrogens (tertiary/aromatic N) is 3. The van der Waals surface area contributed by atoms with Crippen molar-refractivity contribution >= 4 is 50.2 Å². The molecular formula is C29H28ClN3O3S. The van der Waals surface area contributed by atoms with Gasteiger partial charge in [-0.2, -0.15) is 0 Å². The molecular weight excluding hydrogens is 506 g/mol. The fourth-order valence-electron chi connectivity index (χ4n) is 4.71. The molecule has 0 spiro atoms. The molecule has 3 heterocycles. The maximum atomic E-state index is 12.5. The Morgan fingerprint density at radius 1 is 1.08 bits per heavy atom. The van der Waals surface area contributed by atoms with Crippen LogP contribution < -0.4 is 0 Å². The summed E-state index contributed by atoms with van der Waals surface area (Å²) in [6, 6.07) is 13.4. The minimum atomic E-state index is -1.15. The van der Waals surface area contributed by atoms with Crippen molar-refractivity contribution in [1.82, 2.24) is 14.5 Å². The average Bonchev–Trinajstić information content (AvgIpc) is 3.37. The molecule has 0 saturated heterocycles. The number of hydrogen-bond donors (Lipinski definition) is 1. The molecule has 8 heteroatoms. The standard InChI is InChI=1S/C29H28ClN3O3S/c1-15-13-21-25(37-27(32-21)20-12-11-19-16(2)14-33(6)26(19)31-20)23(17-7-9-18(30)10-8-17)22(15)24(28(34)35)36-29(3,4)5/h7-14,24H,1-6H3,(H,34,35). The van der Waals surface area contributed by atoms with Crippen LogP contribution in [0.2, 0.25) is 5.02 Å². The van der Waals surface area contributed by atoms with Crippen molar-refractivity contribution < 1.29 is 14.6 Å². The van der Waals surface area contributed by atoms with E-state index in [9.17, 15) is 9.90 Å². The molecule has 6 nitrogen and oxygen atoms in total. The Bertz CT molecular complexity index is 1660. The molecule has 2 aromatic carbocycles. The van der Waals surface area contributed by atoms with Gasteiger partial charge in [-0.05, 0) is 81.6 Å². The number of carboxylic acid groups (broad SMARTS) is 1. The van der Waals surface area contributed by atoms with Crippen molar-refractivity contribution in [3.05, 3.63) is 70.4 Å². The first-order valence-electron chi connectivity index (χ1n) is 12.0. The zero-order valence-corrected chi connectivity index (χ0v) is 23.2. The van der Waals surface area contributed by atoms with Gasteiger partial charge in [-0.15, -0.1) is 11.3 Å². The number of halogens is 1. The van der Waals surface area contributed by atoms with Gasteiger partial charge < -0.3 is 14.4 Å². The summed E-state index contributed by atoms with van der Waals surface area (Å²) >= 11 is 7.70. The number of ether oxygens (including phenoxy) is 1. The molecule has 0 radical (unpaired) electrons. The molecule has 5 rings (SSSR count). The van der Waals surface area contributed by atoms with Crippen molar-refractivity contribution in [3.8, 4) is 21.8 Å². The molecule has 3 aromatic heterocycles. The van der Waals surface area contributed by atoms with Crippen LogP contribution in [-0.2, 0) is 16.6 Å². The Hall–Kier alpha value is -3.26. The van der Waals surface area contributed by atoms with Gasteiger partial charge in [-0.1, -0.05) is 23.7 Å². The number of aliphatic carboxylic acids is 1. The minimum absolute atomic E-state index is 0.607. The predicted octanol–water partition coefficient (Wildman–Crippen LogP) is 7.73. The van der Waals surface area contributed by atoms with Crippen LogP contribution in [0.3, 0.4) is 0 Å². The number of aryl methyl sites for hydroxylation is 3. The summed E-state index contributed by atoms with van der Waals surface area (Å²) in [6.45, 7) is 9.55. The lowest BCUT2D eigenvalue weighted by atomic mass is 9.91. The van der Waals surface area contributed by atoms with Crippen LogP contribution in [0.15, 0.2) is 48.7 Å². The molecule has 0 aliphatic carbocycles. The van der Waals surface area contributed by atoms with E-state index in [4.69, 9.17) is 26.3 Å². The number of carbonyl (C=O) groups is 1. The zero-order chi connectivity index (χ0) is 26.6. The second kappa shape index (κ2) is 9.24. The highest BCUT2D eigenvalue weighted by Gasteiger charge is 2.32. The highest BCUT2D eigenvalue weighted by atomic mass is 35.5. The number of hydrogen-bond acceptors (Lipinski definition) is 5. The minimum Gasteiger partial charge on any atom is -0.479 e. The topological polar surface area (TPSA) is 77.2 Å². The van der Waals surface area contributed by atoms with Gasteiger partial charge >= 0.3 is 5.97 Å². The van der Waals surface area contributed by atoms with Crippen LogP contribution in [0.5, 0.6) is 0 Å². The molecule has 190 valence electrons. The highest BCUT2D eigenvalue weighted by Crippen LogP contribution is 2.44. The molecule has 5 aromatic rings. The van der Waals surface area contributed by atoms with Crippen LogP contribution in [0, 0.1) is 13.8 Å². The average molecular weight is 534 g/mol. The maximum absolute atomic E-state index is 12.5. The number of fused-ring (bicyclic) bond motifs is 2. The first-order chi connectivity index (χ1) is 17.4. The second-order valence-corrected chi connectivity index (χ2v) is 11.7. The monoisotopic (exact) mass is 533 g/mol. The van der Waals surface area contributed by atoms with Crippen molar-refractivity contribution in [1.29, 1.82) is 0 Å². The number of aromatic nitrogens is 3. The Morgan fingerprint density at radius 2 is 1.78 bits per heavy atom. The third-order valence-corrected chi connectivity index (χ3v) is 7.62. The first kappa shape index (κ1) is 25.4. The lowest BCUT2D eigenvalue weighted by Crippen LogP contribution is -2.28. The molecule has 1 atom stereocenters. The van der Waals surface area contributed by atoms with Crippen LogP contribution in [0.1, 0.15) is 43.6 Å². The third kappa shape index (κ3) is 4.75. The number of pyridine rings is 1. The number of benzene rings is 2. The van der Waals surface area contributed by atoms with Crippen molar-refractivity contribution in [2.24, 2.45) is 7.05 Å². The molecule has 0 aliphatic heterocycles. The van der Waals surface area contributed by atoms with Gasteiger partial charge in [0.05, 0.1) is 15.8 Å². The molecule has 0 aliphatic rings. The fourth-order valence-corrected chi connectivity index (χ4v) is 5.93. The number of carboxylic acids is 1. The number of thiazole rings is 1. The van der Waals surface area contributed by atoms with Gasteiger partial charge in [0, 0.05) is 34.8 Å². The van der Waals surface area contributed by atoms with Gasteiger partial charge in [0.25, 0.3) is 0 Å². The van der Waals surface area contributed by atoms with Gasteiger partial charge in [0.1, 0.15) is 16.3 Å².